The first-order valence-electron chi connectivity index (χ1n) is 6.22. The second-order valence-electron chi connectivity index (χ2n) is 4.69. The highest BCUT2D eigenvalue weighted by molar-refractivity contribution is 7.17. The molecule has 84 valence electrons. The molecule has 1 N–H and O–H groups in total. The van der Waals surface area contributed by atoms with Crippen molar-refractivity contribution in [2.75, 3.05) is 0 Å². The lowest BCUT2D eigenvalue weighted by Gasteiger charge is -2.15. The number of rotatable bonds is 0. The van der Waals surface area contributed by atoms with E-state index in [9.17, 15) is 5.11 Å². The predicted molar refractivity (Wildman–Crippen MR) is 65.7 cm³/mol. The van der Waals surface area contributed by atoms with Crippen molar-refractivity contribution in [3.63, 3.8) is 0 Å². The zero-order chi connectivity index (χ0) is 10.2. The molecule has 1 fully saturated rings. The van der Waals surface area contributed by atoms with Gasteiger partial charge >= 0.3 is 0 Å². The zero-order valence-electron chi connectivity index (χ0n) is 9.25. The highest BCUT2D eigenvalue weighted by Gasteiger charge is 2.07. The van der Waals surface area contributed by atoms with E-state index in [1.54, 1.807) is 0 Å². The first kappa shape index (κ1) is 12.5. The standard InChI is InChI=1S/C12H25OP/c13-11-7-3-1-2-4-9-12(14)10-6-5-8-11/h11-13H,1-10,14H2/t11-,12+/m1/s1. The summed E-state index contributed by atoms with van der Waals surface area (Å²) in [4.78, 5) is 0. The van der Waals surface area contributed by atoms with Crippen molar-refractivity contribution < 1.29 is 5.11 Å². The van der Waals surface area contributed by atoms with Crippen LogP contribution in [0.2, 0.25) is 0 Å². The molecule has 0 aliphatic heterocycles. The molecule has 1 unspecified atom stereocenters. The molecule has 2 heteroatoms. The molecule has 14 heavy (non-hydrogen) atoms. The largest absolute Gasteiger partial charge is 0.393 e. The highest BCUT2D eigenvalue weighted by atomic mass is 31.0. The van der Waals surface area contributed by atoms with E-state index in [0.29, 0.717) is 0 Å². The predicted octanol–water partition coefficient (Wildman–Crippen LogP) is 3.51. The fourth-order valence-corrected chi connectivity index (χ4v) is 2.69. The van der Waals surface area contributed by atoms with Crippen LogP contribution in [0.4, 0.5) is 0 Å². The minimum absolute atomic E-state index is 0.0163. The quantitative estimate of drug-likeness (QED) is 0.614. The van der Waals surface area contributed by atoms with Crippen LogP contribution in [0.25, 0.3) is 0 Å². The molecule has 0 aromatic carbocycles. The lowest BCUT2D eigenvalue weighted by atomic mass is 9.99. The Morgan fingerprint density at radius 2 is 1.14 bits per heavy atom. The topological polar surface area (TPSA) is 20.2 Å². The SMILES string of the molecule is O[C@@H]1CCCCCC[C@H](P)CCCC1. The van der Waals surface area contributed by atoms with Crippen LogP contribution in [0.1, 0.15) is 64.2 Å². The monoisotopic (exact) mass is 216 g/mol. The van der Waals surface area contributed by atoms with Crippen molar-refractivity contribution in [2.45, 2.75) is 76.0 Å². The van der Waals surface area contributed by atoms with Gasteiger partial charge in [-0.05, 0) is 31.3 Å². The van der Waals surface area contributed by atoms with Gasteiger partial charge in [0.05, 0.1) is 6.10 Å². The fourth-order valence-electron chi connectivity index (χ4n) is 2.22. The van der Waals surface area contributed by atoms with Gasteiger partial charge in [0, 0.05) is 0 Å². The van der Waals surface area contributed by atoms with Crippen LogP contribution >= 0.6 is 9.24 Å². The van der Waals surface area contributed by atoms with Gasteiger partial charge in [0.2, 0.25) is 0 Å². The van der Waals surface area contributed by atoms with Gasteiger partial charge in [0.15, 0.2) is 0 Å². The number of hydrogen-bond donors (Lipinski definition) is 1. The maximum Gasteiger partial charge on any atom is 0.0540 e. The van der Waals surface area contributed by atoms with Crippen LogP contribution in [0.3, 0.4) is 0 Å². The Morgan fingerprint density at radius 3 is 1.79 bits per heavy atom. The lowest BCUT2D eigenvalue weighted by molar-refractivity contribution is 0.146. The van der Waals surface area contributed by atoms with Gasteiger partial charge in [0.1, 0.15) is 0 Å². The first-order valence-corrected chi connectivity index (χ1v) is 6.89. The van der Waals surface area contributed by atoms with Gasteiger partial charge in [-0.25, -0.2) is 0 Å². The molecule has 1 aliphatic carbocycles. The summed E-state index contributed by atoms with van der Waals surface area (Å²) in [5, 5.41) is 9.65. The van der Waals surface area contributed by atoms with Gasteiger partial charge in [0.25, 0.3) is 0 Å². The molecule has 0 saturated heterocycles. The van der Waals surface area contributed by atoms with Crippen molar-refractivity contribution in [1.82, 2.24) is 0 Å². The Labute approximate surface area is 90.9 Å². The molecule has 0 spiro atoms. The van der Waals surface area contributed by atoms with E-state index in [1.165, 1.54) is 51.4 Å². The number of aliphatic hydroxyl groups is 1. The third-order valence-corrected chi connectivity index (χ3v) is 3.89. The number of hydrogen-bond acceptors (Lipinski definition) is 1. The molecule has 0 amide bonds. The normalized spacial score (nSPS) is 33.0. The Bertz CT molecular complexity index is 122. The third-order valence-electron chi connectivity index (χ3n) is 3.22. The maximum absolute atomic E-state index is 9.65. The minimum atomic E-state index is -0.0163. The van der Waals surface area contributed by atoms with Gasteiger partial charge in [-0.15, -0.1) is 9.24 Å². The average Bonchev–Trinajstić information content (AvgIpc) is 2.16. The molecule has 0 bridgehead atoms. The van der Waals surface area contributed by atoms with Crippen LogP contribution in [0.15, 0.2) is 0 Å². The Morgan fingerprint density at radius 1 is 0.714 bits per heavy atom. The van der Waals surface area contributed by atoms with E-state index in [0.717, 1.165) is 18.5 Å². The van der Waals surface area contributed by atoms with Crippen molar-refractivity contribution in [2.24, 2.45) is 0 Å². The molecular formula is C12H25OP. The van der Waals surface area contributed by atoms with Crippen LogP contribution in [0, 0.1) is 0 Å². The fraction of sp³-hybridized carbons (Fsp3) is 1.00. The summed E-state index contributed by atoms with van der Waals surface area (Å²) in [6.07, 6.45) is 12.5. The minimum Gasteiger partial charge on any atom is -0.393 e. The molecule has 3 atom stereocenters. The van der Waals surface area contributed by atoms with Crippen molar-refractivity contribution in [1.29, 1.82) is 0 Å². The summed E-state index contributed by atoms with van der Waals surface area (Å²) in [5.41, 5.74) is 0.826. The molecule has 1 rings (SSSR count). The van der Waals surface area contributed by atoms with E-state index in [2.05, 4.69) is 9.24 Å². The lowest BCUT2D eigenvalue weighted by Crippen LogP contribution is -2.07. The van der Waals surface area contributed by atoms with Gasteiger partial charge in [-0.1, -0.05) is 38.5 Å². The van der Waals surface area contributed by atoms with E-state index in [1.807, 2.05) is 0 Å². The van der Waals surface area contributed by atoms with Gasteiger partial charge < -0.3 is 5.11 Å². The second-order valence-corrected chi connectivity index (χ2v) is 5.63. The summed E-state index contributed by atoms with van der Waals surface area (Å²) >= 11 is 0. The molecule has 1 nitrogen and oxygen atoms in total. The smallest absolute Gasteiger partial charge is 0.0540 e. The molecule has 1 saturated carbocycles. The molecule has 0 aromatic rings. The average molecular weight is 216 g/mol. The van der Waals surface area contributed by atoms with Crippen molar-refractivity contribution >= 4 is 9.24 Å². The first-order chi connectivity index (χ1) is 6.79. The summed E-state index contributed by atoms with van der Waals surface area (Å²) in [7, 11) is 2.98. The Hall–Kier alpha value is 0.390. The van der Waals surface area contributed by atoms with Crippen molar-refractivity contribution in [3.8, 4) is 0 Å². The summed E-state index contributed by atoms with van der Waals surface area (Å²) in [6, 6.07) is 0. The number of aliphatic hydroxyl groups excluding tert-OH is 1. The van der Waals surface area contributed by atoms with Crippen molar-refractivity contribution in [3.05, 3.63) is 0 Å². The van der Waals surface area contributed by atoms with E-state index in [4.69, 9.17) is 0 Å². The molecule has 0 heterocycles. The molecule has 0 aromatic heterocycles. The summed E-state index contributed by atoms with van der Waals surface area (Å²) < 4.78 is 0. The van der Waals surface area contributed by atoms with Gasteiger partial charge in [-0.2, -0.15) is 0 Å². The van der Waals surface area contributed by atoms with Crippen LogP contribution in [-0.2, 0) is 0 Å². The van der Waals surface area contributed by atoms with E-state index in [-0.39, 0.29) is 6.10 Å². The van der Waals surface area contributed by atoms with Crippen LogP contribution < -0.4 is 0 Å². The van der Waals surface area contributed by atoms with E-state index >= 15 is 0 Å². The summed E-state index contributed by atoms with van der Waals surface area (Å²) in [6.45, 7) is 0. The van der Waals surface area contributed by atoms with E-state index < -0.39 is 0 Å². The zero-order valence-corrected chi connectivity index (χ0v) is 10.4. The summed E-state index contributed by atoms with van der Waals surface area (Å²) in [5.74, 6) is 0. The molecular weight excluding hydrogens is 191 g/mol. The maximum atomic E-state index is 9.65. The third kappa shape index (κ3) is 5.98. The molecule has 0 radical (unpaired) electrons. The Kier molecular flexibility index (Phi) is 6.81. The highest BCUT2D eigenvalue weighted by Crippen LogP contribution is 2.21. The van der Waals surface area contributed by atoms with Crippen LogP contribution in [0.5, 0.6) is 0 Å². The van der Waals surface area contributed by atoms with Crippen LogP contribution in [-0.4, -0.2) is 16.9 Å². The van der Waals surface area contributed by atoms with Gasteiger partial charge in [-0.3, -0.25) is 0 Å². The molecule has 1 aliphatic rings. The Balaban J connectivity index is 2.20. The second kappa shape index (κ2) is 7.65.